The molecule has 1 saturated heterocycles. The molecule has 1 heterocycles. The first-order chi connectivity index (χ1) is 12.6. The molecule has 0 aromatic heterocycles. The number of hydrogen-bond acceptors (Lipinski definition) is 3. The van der Waals surface area contributed by atoms with E-state index in [2.05, 4.69) is 0 Å². The highest BCUT2D eigenvalue weighted by Crippen LogP contribution is 2.27. The highest BCUT2D eigenvalue weighted by atomic mass is 16.2. The summed E-state index contributed by atoms with van der Waals surface area (Å²) in [5.41, 5.74) is 7.24. The molecule has 142 valence electrons. The van der Waals surface area contributed by atoms with E-state index in [0.717, 1.165) is 31.2 Å². The van der Waals surface area contributed by atoms with Gasteiger partial charge in [0.25, 0.3) is 0 Å². The largest absolute Gasteiger partial charge is 0.338 e. The van der Waals surface area contributed by atoms with Crippen LogP contribution in [0, 0.1) is 5.92 Å². The van der Waals surface area contributed by atoms with E-state index in [1.165, 1.54) is 6.42 Å². The van der Waals surface area contributed by atoms with Crippen molar-refractivity contribution in [3.63, 3.8) is 0 Å². The number of benzene rings is 1. The third kappa shape index (κ3) is 4.44. The van der Waals surface area contributed by atoms with E-state index in [9.17, 15) is 9.59 Å². The van der Waals surface area contributed by atoms with Gasteiger partial charge in [0.2, 0.25) is 11.8 Å². The predicted molar refractivity (Wildman–Crippen MR) is 102 cm³/mol. The highest BCUT2D eigenvalue weighted by molar-refractivity contribution is 5.83. The zero-order valence-electron chi connectivity index (χ0n) is 15.8. The van der Waals surface area contributed by atoms with E-state index in [4.69, 9.17) is 5.73 Å². The number of nitrogens with zero attached hydrogens (tertiary/aromatic N) is 2. The molecule has 0 radical (unpaired) electrons. The van der Waals surface area contributed by atoms with Gasteiger partial charge in [0, 0.05) is 31.6 Å². The van der Waals surface area contributed by atoms with Crippen molar-refractivity contribution in [1.29, 1.82) is 0 Å². The molecule has 3 rings (SSSR count). The third-order valence-electron chi connectivity index (χ3n) is 5.79. The lowest BCUT2D eigenvalue weighted by Crippen LogP contribution is -2.59. The van der Waals surface area contributed by atoms with Crippen LogP contribution in [-0.4, -0.2) is 53.3 Å². The first-order valence-electron chi connectivity index (χ1n) is 9.95. The van der Waals surface area contributed by atoms with Crippen molar-refractivity contribution in [3.05, 3.63) is 35.9 Å². The molecule has 1 aliphatic heterocycles. The Hall–Kier alpha value is -1.88. The summed E-state index contributed by atoms with van der Waals surface area (Å²) in [7, 11) is 0. The minimum absolute atomic E-state index is 0.00883. The SMILES string of the molecule is C[C@H]1CN(C(=O)[C@H](N)Cc2ccccc2)CCN1C(=O)C1CCCCC1. The van der Waals surface area contributed by atoms with Gasteiger partial charge in [-0.05, 0) is 31.7 Å². The standard InChI is InChI=1S/C21H31N3O2/c1-16-15-23(21(26)19(22)14-17-8-4-2-5-9-17)12-13-24(16)20(25)18-10-6-3-7-11-18/h2,4-5,8-9,16,18-19H,3,6-7,10-15,22H2,1H3/t16-,19+/m0/s1. The molecule has 1 aromatic rings. The van der Waals surface area contributed by atoms with E-state index in [1.807, 2.05) is 47.1 Å². The Morgan fingerprint density at radius 2 is 1.81 bits per heavy atom. The predicted octanol–water partition coefficient (Wildman–Crippen LogP) is 2.20. The van der Waals surface area contributed by atoms with Crippen LogP contribution in [0.5, 0.6) is 0 Å². The molecule has 0 spiro atoms. The van der Waals surface area contributed by atoms with Crippen LogP contribution < -0.4 is 5.73 Å². The van der Waals surface area contributed by atoms with Crippen LogP contribution in [0.15, 0.2) is 30.3 Å². The van der Waals surface area contributed by atoms with Gasteiger partial charge in [-0.2, -0.15) is 0 Å². The van der Waals surface area contributed by atoms with E-state index in [-0.39, 0.29) is 23.8 Å². The van der Waals surface area contributed by atoms with Gasteiger partial charge in [-0.1, -0.05) is 49.6 Å². The van der Waals surface area contributed by atoms with Gasteiger partial charge in [0.15, 0.2) is 0 Å². The Morgan fingerprint density at radius 3 is 2.46 bits per heavy atom. The second-order valence-electron chi connectivity index (χ2n) is 7.80. The van der Waals surface area contributed by atoms with Crippen molar-refractivity contribution in [2.75, 3.05) is 19.6 Å². The van der Waals surface area contributed by atoms with Gasteiger partial charge in [-0.3, -0.25) is 9.59 Å². The summed E-state index contributed by atoms with van der Waals surface area (Å²) in [4.78, 5) is 29.4. The van der Waals surface area contributed by atoms with Gasteiger partial charge >= 0.3 is 0 Å². The van der Waals surface area contributed by atoms with Crippen LogP contribution >= 0.6 is 0 Å². The smallest absolute Gasteiger partial charge is 0.239 e. The molecular weight excluding hydrogens is 326 g/mol. The van der Waals surface area contributed by atoms with Crippen molar-refractivity contribution in [3.8, 4) is 0 Å². The quantitative estimate of drug-likeness (QED) is 0.898. The summed E-state index contributed by atoms with van der Waals surface area (Å²) in [6.07, 6.45) is 6.17. The molecule has 2 aliphatic rings. The summed E-state index contributed by atoms with van der Waals surface area (Å²) >= 11 is 0. The molecule has 1 saturated carbocycles. The van der Waals surface area contributed by atoms with Crippen molar-refractivity contribution in [1.82, 2.24) is 9.80 Å². The molecule has 1 aliphatic carbocycles. The average molecular weight is 357 g/mol. The topological polar surface area (TPSA) is 66.6 Å². The number of carbonyl (C=O) groups is 2. The second-order valence-corrected chi connectivity index (χ2v) is 7.80. The number of rotatable bonds is 4. The van der Waals surface area contributed by atoms with Crippen LogP contribution in [0.4, 0.5) is 0 Å². The minimum atomic E-state index is -0.523. The van der Waals surface area contributed by atoms with Gasteiger partial charge < -0.3 is 15.5 Å². The maximum absolute atomic E-state index is 12.8. The molecule has 1 aromatic carbocycles. The first-order valence-corrected chi connectivity index (χ1v) is 9.95. The number of amides is 2. The zero-order chi connectivity index (χ0) is 18.5. The van der Waals surface area contributed by atoms with Gasteiger partial charge in [0.1, 0.15) is 0 Å². The Kier molecular flexibility index (Phi) is 6.30. The van der Waals surface area contributed by atoms with Crippen molar-refractivity contribution in [2.24, 2.45) is 11.7 Å². The number of hydrogen-bond donors (Lipinski definition) is 1. The van der Waals surface area contributed by atoms with E-state index in [0.29, 0.717) is 26.1 Å². The fraction of sp³-hybridized carbons (Fsp3) is 0.619. The summed E-state index contributed by atoms with van der Waals surface area (Å²) in [6.45, 7) is 3.84. The lowest BCUT2D eigenvalue weighted by molar-refractivity contribution is -0.146. The molecule has 0 unspecified atom stereocenters. The van der Waals surface area contributed by atoms with Crippen LogP contribution in [0.3, 0.4) is 0 Å². The Balaban J connectivity index is 1.54. The van der Waals surface area contributed by atoms with Crippen molar-refractivity contribution in [2.45, 2.75) is 57.5 Å². The van der Waals surface area contributed by atoms with E-state index >= 15 is 0 Å². The monoisotopic (exact) mass is 357 g/mol. The zero-order valence-corrected chi connectivity index (χ0v) is 15.8. The molecule has 5 heteroatoms. The van der Waals surface area contributed by atoms with Crippen LogP contribution in [0.1, 0.15) is 44.6 Å². The summed E-state index contributed by atoms with van der Waals surface area (Å²) in [5, 5.41) is 0. The van der Waals surface area contributed by atoms with Crippen LogP contribution in [0.2, 0.25) is 0 Å². The van der Waals surface area contributed by atoms with Gasteiger partial charge in [0.05, 0.1) is 6.04 Å². The lowest BCUT2D eigenvalue weighted by atomic mass is 9.87. The molecule has 2 N–H and O–H groups in total. The second kappa shape index (κ2) is 8.67. The Labute approximate surface area is 156 Å². The van der Waals surface area contributed by atoms with E-state index < -0.39 is 6.04 Å². The van der Waals surface area contributed by atoms with E-state index in [1.54, 1.807) is 0 Å². The summed E-state index contributed by atoms with van der Waals surface area (Å²) in [5.74, 6) is 0.470. The normalized spacial score (nSPS) is 22.9. The Bertz CT molecular complexity index is 613. The molecule has 5 nitrogen and oxygen atoms in total. The van der Waals surface area contributed by atoms with Gasteiger partial charge in [-0.15, -0.1) is 0 Å². The Morgan fingerprint density at radius 1 is 1.12 bits per heavy atom. The number of carbonyl (C=O) groups excluding carboxylic acids is 2. The fourth-order valence-corrected chi connectivity index (χ4v) is 4.26. The molecule has 2 atom stereocenters. The number of nitrogens with two attached hydrogens (primary N) is 1. The highest BCUT2D eigenvalue weighted by Gasteiger charge is 2.34. The molecular formula is C21H31N3O2. The van der Waals surface area contributed by atoms with Gasteiger partial charge in [-0.25, -0.2) is 0 Å². The molecule has 0 bridgehead atoms. The van der Waals surface area contributed by atoms with Crippen molar-refractivity contribution >= 4 is 11.8 Å². The van der Waals surface area contributed by atoms with Crippen molar-refractivity contribution < 1.29 is 9.59 Å². The lowest BCUT2D eigenvalue weighted by Gasteiger charge is -2.42. The molecule has 2 amide bonds. The summed E-state index contributed by atoms with van der Waals surface area (Å²) in [6, 6.07) is 9.42. The van der Waals surface area contributed by atoms with Crippen LogP contribution in [-0.2, 0) is 16.0 Å². The molecule has 2 fully saturated rings. The van der Waals surface area contributed by atoms with Crippen LogP contribution in [0.25, 0.3) is 0 Å². The molecule has 26 heavy (non-hydrogen) atoms. The maximum Gasteiger partial charge on any atom is 0.239 e. The third-order valence-corrected chi connectivity index (χ3v) is 5.79. The average Bonchev–Trinajstić information content (AvgIpc) is 2.68. The first kappa shape index (κ1) is 18.9. The summed E-state index contributed by atoms with van der Waals surface area (Å²) < 4.78 is 0. The fourth-order valence-electron chi connectivity index (χ4n) is 4.26. The maximum atomic E-state index is 12.8. The minimum Gasteiger partial charge on any atom is -0.338 e. The number of piperazine rings is 1.